The fourth-order valence-electron chi connectivity index (χ4n) is 3.10. The lowest BCUT2D eigenvalue weighted by atomic mass is 10.1. The van der Waals surface area contributed by atoms with Crippen LogP contribution < -0.4 is 5.32 Å². The molecule has 28 heavy (non-hydrogen) atoms. The number of rotatable bonds is 5. The molecule has 0 spiro atoms. The van der Waals surface area contributed by atoms with Crippen LogP contribution in [0.4, 0.5) is 0 Å². The predicted octanol–water partition coefficient (Wildman–Crippen LogP) is 3.86. The summed E-state index contributed by atoms with van der Waals surface area (Å²) in [7, 11) is 0. The van der Waals surface area contributed by atoms with Gasteiger partial charge >= 0.3 is 0 Å². The third-order valence-corrected chi connectivity index (χ3v) is 4.75. The first kappa shape index (κ1) is 17.7. The fourth-order valence-corrected chi connectivity index (χ4v) is 3.10. The lowest BCUT2D eigenvalue weighted by molar-refractivity contribution is 0.0940. The Morgan fingerprint density at radius 2 is 1.68 bits per heavy atom. The maximum atomic E-state index is 12.6. The highest BCUT2D eigenvalue weighted by molar-refractivity contribution is 5.94. The molecule has 0 aliphatic carbocycles. The van der Waals surface area contributed by atoms with Crippen molar-refractivity contribution < 1.29 is 4.79 Å². The summed E-state index contributed by atoms with van der Waals surface area (Å²) in [5.74, 6) is -0.102. The summed E-state index contributed by atoms with van der Waals surface area (Å²) in [6, 6.07) is 17.4. The van der Waals surface area contributed by atoms with Crippen LogP contribution in [0, 0.1) is 6.92 Å². The van der Waals surface area contributed by atoms with Gasteiger partial charge in [0.2, 0.25) is 0 Å². The molecule has 140 valence electrons. The highest BCUT2D eigenvalue weighted by Gasteiger charge is 2.12. The van der Waals surface area contributed by atoms with Crippen LogP contribution in [0.15, 0.2) is 79.5 Å². The van der Waals surface area contributed by atoms with E-state index in [0.29, 0.717) is 5.56 Å². The Hall–Kier alpha value is -3.67. The van der Waals surface area contributed by atoms with Crippen molar-refractivity contribution in [1.82, 2.24) is 24.6 Å². The molecule has 2 heterocycles. The molecule has 2 aromatic carbocycles. The molecule has 0 saturated carbocycles. The molecular formula is C22H21N5O. The molecule has 0 aliphatic heterocycles. The summed E-state index contributed by atoms with van der Waals surface area (Å²) in [6.45, 7) is 3.97. The van der Waals surface area contributed by atoms with Crippen LogP contribution >= 0.6 is 0 Å². The summed E-state index contributed by atoms with van der Waals surface area (Å²) in [4.78, 5) is 16.7. The first-order valence-corrected chi connectivity index (χ1v) is 9.12. The van der Waals surface area contributed by atoms with Crippen LogP contribution in [0.5, 0.6) is 0 Å². The Kier molecular flexibility index (Phi) is 4.76. The van der Waals surface area contributed by atoms with E-state index in [-0.39, 0.29) is 11.9 Å². The van der Waals surface area contributed by atoms with Crippen molar-refractivity contribution >= 4 is 5.91 Å². The summed E-state index contributed by atoms with van der Waals surface area (Å²) >= 11 is 0. The van der Waals surface area contributed by atoms with Crippen molar-refractivity contribution in [1.29, 1.82) is 0 Å². The Bertz CT molecular complexity index is 1060. The number of nitrogens with one attached hydrogen (secondary N) is 1. The molecular weight excluding hydrogens is 350 g/mol. The second-order valence-corrected chi connectivity index (χ2v) is 6.69. The minimum Gasteiger partial charge on any atom is -0.346 e. The topological polar surface area (TPSA) is 64.7 Å². The van der Waals surface area contributed by atoms with E-state index in [0.717, 1.165) is 22.6 Å². The minimum absolute atomic E-state index is 0.0997. The number of amides is 1. The third-order valence-electron chi connectivity index (χ3n) is 4.75. The maximum Gasteiger partial charge on any atom is 0.251 e. The van der Waals surface area contributed by atoms with Crippen LogP contribution in [0.3, 0.4) is 0 Å². The van der Waals surface area contributed by atoms with E-state index in [2.05, 4.69) is 15.4 Å². The first-order valence-electron chi connectivity index (χ1n) is 9.12. The molecule has 6 heteroatoms. The molecule has 4 rings (SSSR count). The molecule has 0 fully saturated rings. The highest BCUT2D eigenvalue weighted by Crippen LogP contribution is 2.17. The molecule has 4 aromatic rings. The number of imidazole rings is 1. The zero-order valence-corrected chi connectivity index (χ0v) is 15.8. The number of hydrogen-bond acceptors (Lipinski definition) is 3. The molecule has 0 unspecified atom stereocenters. The third kappa shape index (κ3) is 3.57. The van der Waals surface area contributed by atoms with Crippen molar-refractivity contribution in [3.63, 3.8) is 0 Å². The number of carbonyl (C=O) groups is 1. The van der Waals surface area contributed by atoms with E-state index < -0.39 is 0 Å². The summed E-state index contributed by atoms with van der Waals surface area (Å²) in [5, 5.41) is 7.34. The van der Waals surface area contributed by atoms with Crippen LogP contribution in [-0.2, 0) is 0 Å². The van der Waals surface area contributed by atoms with Gasteiger partial charge in [0.1, 0.15) is 0 Å². The summed E-state index contributed by atoms with van der Waals surface area (Å²) in [6.07, 6.45) is 7.16. The van der Waals surface area contributed by atoms with Crippen LogP contribution in [0.1, 0.15) is 34.6 Å². The molecule has 0 radical (unpaired) electrons. The van der Waals surface area contributed by atoms with E-state index in [4.69, 9.17) is 0 Å². The highest BCUT2D eigenvalue weighted by atomic mass is 16.1. The van der Waals surface area contributed by atoms with E-state index in [1.165, 1.54) is 0 Å². The van der Waals surface area contributed by atoms with Gasteiger partial charge < -0.3 is 9.88 Å². The van der Waals surface area contributed by atoms with E-state index >= 15 is 0 Å². The van der Waals surface area contributed by atoms with Crippen LogP contribution in [-0.4, -0.2) is 25.2 Å². The monoisotopic (exact) mass is 371 g/mol. The number of carbonyl (C=O) groups excluding carboxylic acids is 1. The van der Waals surface area contributed by atoms with Gasteiger partial charge in [0.25, 0.3) is 5.91 Å². The number of nitrogens with zero attached hydrogens (tertiary/aromatic N) is 4. The van der Waals surface area contributed by atoms with Crippen molar-refractivity contribution in [2.75, 3.05) is 0 Å². The molecule has 1 N–H and O–H groups in total. The smallest absolute Gasteiger partial charge is 0.251 e. The first-order chi connectivity index (χ1) is 13.6. The Morgan fingerprint density at radius 3 is 2.29 bits per heavy atom. The SMILES string of the molecule is Cc1ccnn1-c1ccc(C(=O)N[C@H](C)c2ccc(-n3ccnc3)cc2)cc1. The van der Waals surface area contributed by atoms with Crippen molar-refractivity contribution in [2.24, 2.45) is 0 Å². The van der Waals surface area contributed by atoms with Gasteiger partial charge in [0.15, 0.2) is 0 Å². The van der Waals surface area contributed by atoms with Gasteiger partial charge in [-0.1, -0.05) is 12.1 Å². The zero-order chi connectivity index (χ0) is 19.5. The molecule has 1 atom stereocenters. The van der Waals surface area contributed by atoms with E-state index in [1.54, 1.807) is 18.7 Å². The Morgan fingerprint density at radius 1 is 0.964 bits per heavy atom. The normalized spacial score (nSPS) is 11.9. The number of aromatic nitrogens is 4. The van der Waals surface area contributed by atoms with E-state index in [1.807, 2.05) is 83.9 Å². The van der Waals surface area contributed by atoms with Gasteiger partial charge in [0.05, 0.1) is 18.1 Å². The number of benzene rings is 2. The quantitative estimate of drug-likeness (QED) is 0.579. The second kappa shape index (κ2) is 7.52. The Labute approximate surface area is 163 Å². The molecule has 2 aromatic heterocycles. The number of hydrogen-bond donors (Lipinski definition) is 1. The van der Waals surface area contributed by atoms with Gasteiger partial charge in [-0.05, 0) is 61.9 Å². The van der Waals surface area contributed by atoms with Gasteiger partial charge in [0, 0.05) is 35.5 Å². The molecule has 1 amide bonds. The van der Waals surface area contributed by atoms with Gasteiger partial charge in [-0.25, -0.2) is 9.67 Å². The molecule has 0 aliphatic rings. The predicted molar refractivity (Wildman–Crippen MR) is 108 cm³/mol. The van der Waals surface area contributed by atoms with E-state index in [9.17, 15) is 4.79 Å². The zero-order valence-electron chi connectivity index (χ0n) is 15.8. The lowest BCUT2D eigenvalue weighted by Gasteiger charge is -2.15. The summed E-state index contributed by atoms with van der Waals surface area (Å²) < 4.78 is 3.78. The largest absolute Gasteiger partial charge is 0.346 e. The maximum absolute atomic E-state index is 12.6. The fraction of sp³-hybridized carbons (Fsp3) is 0.136. The van der Waals surface area contributed by atoms with Gasteiger partial charge in [-0.2, -0.15) is 5.10 Å². The van der Waals surface area contributed by atoms with Crippen molar-refractivity contribution in [2.45, 2.75) is 19.9 Å². The average Bonchev–Trinajstić information content (AvgIpc) is 3.40. The van der Waals surface area contributed by atoms with Crippen LogP contribution in [0.2, 0.25) is 0 Å². The molecule has 6 nitrogen and oxygen atoms in total. The second-order valence-electron chi connectivity index (χ2n) is 6.69. The standard InChI is InChI=1S/C22H21N5O/c1-16-11-12-24-27(16)21-9-5-19(6-10-21)22(28)25-17(2)18-3-7-20(8-4-18)26-14-13-23-15-26/h3-15,17H,1-2H3,(H,25,28)/t17-/m1/s1. The van der Waals surface area contributed by atoms with Crippen molar-refractivity contribution in [3.8, 4) is 11.4 Å². The average molecular weight is 371 g/mol. The lowest BCUT2D eigenvalue weighted by Crippen LogP contribution is -2.26. The number of aryl methyl sites for hydroxylation is 1. The van der Waals surface area contributed by atoms with Gasteiger partial charge in [-0.3, -0.25) is 4.79 Å². The summed E-state index contributed by atoms with van der Waals surface area (Å²) in [5.41, 5.74) is 4.67. The molecule has 0 bridgehead atoms. The van der Waals surface area contributed by atoms with Crippen LogP contribution in [0.25, 0.3) is 11.4 Å². The van der Waals surface area contributed by atoms with Crippen molar-refractivity contribution in [3.05, 3.63) is 96.3 Å². The van der Waals surface area contributed by atoms with Gasteiger partial charge in [-0.15, -0.1) is 0 Å². The minimum atomic E-state index is -0.102. The Balaban J connectivity index is 1.43. The molecule has 0 saturated heterocycles.